The lowest BCUT2D eigenvalue weighted by Crippen LogP contribution is -2.41. The molecule has 1 saturated heterocycles. The summed E-state index contributed by atoms with van der Waals surface area (Å²) in [6.45, 7) is 7.34. The molecule has 1 aromatic rings. The van der Waals surface area contributed by atoms with Gasteiger partial charge in [0.25, 0.3) is 0 Å². The first kappa shape index (κ1) is 17.0. The van der Waals surface area contributed by atoms with Crippen molar-refractivity contribution < 1.29 is 4.79 Å². The van der Waals surface area contributed by atoms with Gasteiger partial charge in [-0.25, -0.2) is 0 Å². The third-order valence-electron chi connectivity index (χ3n) is 4.89. The molecule has 1 heterocycles. The number of amides is 1. The molecule has 3 heteroatoms. The van der Waals surface area contributed by atoms with Crippen LogP contribution >= 0.6 is 0 Å². The van der Waals surface area contributed by atoms with Crippen LogP contribution in [0, 0.1) is 11.8 Å². The number of rotatable bonds is 6. The topological polar surface area (TPSA) is 32.3 Å². The highest BCUT2D eigenvalue weighted by atomic mass is 16.2. The Balaban J connectivity index is 1.92. The quantitative estimate of drug-likeness (QED) is 0.874. The van der Waals surface area contributed by atoms with E-state index in [0.717, 1.165) is 38.4 Å². The number of piperidine rings is 1. The molecule has 0 saturated carbocycles. The van der Waals surface area contributed by atoms with Crippen molar-refractivity contribution in [2.75, 3.05) is 26.7 Å². The number of benzene rings is 1. The molecule has 0 radical (unpaired) electrons. The molecule has 0 bridgehead atoms. The number of hydrogen-bond donors (Lipinski definition) is 1. The second kappa shape index (κ2) is 8.33. The van der Waals surface area contributed by atoms with Crippen molar-refractivity contribution in [2.45, 2.75) is 39.0 Å². The molecule has 2 rings (SSSR count). The summed E-state index contributed by atoms with van der Waals surface area (Å²) in [5.41, 5.74) is 1.29. The minimum Gasteiger partial charge on any atom is -0.343 e. The maximum atomic E-state index is 12.7. The van der Waals surface area contributed by atoms with E-state index in [1.807, 2.05) is 13.1 Å². The molecule has 0 aromatic heterocycles. The van der Waals surface area contributed by atoms with Crippen molar-refractivity contribution in [3.05, 3.63) is 35.9 Å². The molecular weight excluding hydrogens is 272 g/mol. The van der Waals surface area contributed by atoms with Crippen LogP contribution in [0.1, 0.15) is 44.6 Å². The molecule has 0 aliphatic carbocycles. The summed E-state index contributed by atoms with van der Waals surface area (Å²) >= 11 is 0. The van der Waals surface area contributed by atoms with Gasteiger partial charge in [0.2, 0.25) is 5.91 Å². The molecule has 1 amide bonds. The average molecular weight is 302 g/mol. The zero-order valence-electron chi connectivity index (χ0n) is 14.2. The summed E-state index contributed by atoms with van der Waals surface area (Å²) in [5.74, 6) is 1.85. The fourth-order valence-electron chi connectivity index (χ4n) is 3.43. The van der Waals surface area contributed by atoms with Crippen molar-refractivity contribution in [1.29, 1.82) is 0 Å². The lowest BCUT2D eigenvalue weighted by atomic mass is 9.85. The van der Waals surface area contributed by atoms with Gasteiger partial charge in [0.1, 0.15) is 0 Å². The first-order valence-corrected chi connectivity index (χ1v) is 8.59. The highest BCUT2D eigenvalue weighted by Crippen LogP contribution is 2.29. The Labute approximate surface area is 135 Å². The Morgan fingerprint density at radius 2 is 1.86 bits per heavy atom. The summed E-state index contributed by atoms with van der Waals surface area (Å²) in [5, 5.41) is 3.25. The number of nitrogens with zero attached hydrogens (tertiary/aromatic N) is 1. The van der Waals surface area contributed by atoms with E-state index in [2.05, 4.69) is 48.3 Å². The van der Waals surface area contributed by atoms with Gasteiger partial charge in [0, 0.05) is 19.5 Å². The van der Waals surface area contributed by atoms with E-state index in [0.29, 0.717) is 24.2 Å². The van der Waals surface area contributed by atoms with Gasteiger partial charge >= 0.3 is 0 Å². The average Bonchev–Trinajstić information content (AvgIpc) is 2.54. The van der Waals surface area contributed by atoms with Crippen LogP contribution in [0.25, 0.3) is 0 Å². The van der Waals surface area contributed by atoms with Crippen molar-refractivity contribution in [2.24, 2.45) is 11.8 Å². The first-order chi connectivity index (χ1) is 10.6. The number of carbonyl (C=O) groups excluding carboxylic acids is 1. The normalized spacial score (nSPS) is 17.7. The Morgan fingerprint density at radius 3 is 2.41 bits per heavy atom. The predicted octanol–water partition coefficient (Wildman–Crippen LogP) is 3.27. The van der Waals surface area contributed by atoms with Gasteiger partial charge in [-0.1, -0.05) is 44.2 Å². The molecule has 1 aliphatic heterocycles. The third kappa shape index (κ3) is 4.57. The van der Waals surface area contributed by atoms with Crippen LogP contribution in [0.2, 0.25) is 0 Å². The molecule has 1 atom stereocenters. The number of likely N-dealkylation sites (tertiary alicyclic amines) is 1. The summed E-state index contributed by atoms with van der Waals surface area (Å²) in [4.78, 5) is 14.7. The SMILES string of the molecule is CNCC1CCN(C(=O)CC(c2ccccc2)C(C)C)CC1. The molecule has 1 N–H and O–H groups in total. The second-order valence-corrected chi connectivity index (χ2v) is 6.85. The van der Waals surface area contributed by atoms with Crippen LogP contribution in [0.5, 0.6) is 0 Å². The van der Waals surface area contributed by atoms with Gasteiger partial charge in [-0.2, -0.15) is 0 Å². The van der Waals surface area contributed by atoms with Crippen LogP contribution in [-0.2, 0) is 4.79 Å². The van der Waals surface area contributed by atoms with E-state index in [1.165, 1.54) is 5.56 Å². The second-order valence-electron chi connectivity index (χ2n) is 6.85. The molecule has 1 unspecified atom stereocenters. The lowest BCUT2D eigenvalue weighted by Gasteiger charge is -2.33. The Kier molecular flexibility index (Phi) is 6.44. The Hall–Kier alpha value is -1.35. The third-order valence-corrected chi connectivity index (χ3v) is 4.89. The maximum absolute atomic E-state index is 12.7. The van der Waals surface area contributed by atoms with Gasteiger partial charge in [0.05, 0.1) is 0 Å². The van der Waals surface area contributed by atoms with E-state index in [9.17, 15) is 4.79 Å². The van der Waals surface area contributed by atoms with Gasteiger partial charge in [0.15, 0.2) is 0 Å². The Bertz CT molecular complexity index is 450. The number of nitrogens with one attached hydrogen (secondary N) is 1. The fourth-order valence-corrected chi connectivity index (χ4v) is 3.43. The first-order valence-electron chi connectivity index (χ1n) is 8.59. The van der Waals surface area contributed by atoms with E-state index < -0.39 is 0 Å². The maximum Gasteiger partial charge on any atom is 0.223 e. The smallest absolute Gasteiger partial charge is 0.223 e. The van der Waals surface area contributed by atoms with E-state index in [-0.39, 0.29) is 0 Å². The van der Waals surface area contributed by atoms with Crippen LogP contribution in [0.3, 0.4) is 0 Å². The standard InChI is InChI=1S/C19H30N2O/c1-15(2)18(17-7-5-4-6-8-17)13-19(22)21-11-9-16(10-12-21)14-20-3/h4-8,15-16,18,20H,9-14H2,1-3H3. The van der Waals surface area contributed by atoms with E-state index in [1.54, 1.807) is 0 Å². The summed E-state index contributed by atoms with van der Waals surface area (Å²) in [7, 11) is 2.00. The van der Waals surface area contributed by atoms with E-state index in [4.69, 9.17) is 0 Å². The molecule has 1 aliphatic rings. The minimum absolute atomic E-state index is 0.323. The lowest BCUT2D eigenvalue weighted by molar-refractivity contribution is -0.133. The fraction of sp³-hybridized carbons (Fsp3) is 0.632. The molecular formula is C19H30N2O. The van der Waals surface area contributed by atoms with Crippen molar-refractivity contribution >= 4 is 5.91 Å². The molecule has 122 valence electrons. The van der Waals surface area contributed by atoms with Crippen molar-refractivity contribution in [3.8, 4) is 0 Å². The van der Waals surface area contributed by atoms with Crippen molar-refractivity contribution in [1.82, 2.24) is 10.2 Å². The van der Waals surface area contributed by atoms with Crippen LogP contribution in [-0.4, -0.2) is 37.5 Å². The van der Waals surface area contributed by atoms with Crippen LogP contribution in [0.15, 0.2) is 30.3 Å². The summed E-state index contributed by atoms with van der Waals surface area (Å²) in [6.07, 6.45) is 2.90. The zero-order chi connectivity index (χ0) is 15.9. The van der Waals surface area contributed by atoms with Crippen LogP contribution < -0.4 is 5.32 Å². The summed E-state index contributed by atoms with van der Waals surface area (Å²) in [6, 6.07) is 10.5. The van der Waals surface area contributed by atoms with Gasteiger partial charge in [-0.3, -0.25) is 4.79 Å². The van der Waals surface area contributed by atoms with Gasteiger partial charge in [-0.05, 0) is 49.8 Å². The van der Waals surface area contributed by atoms with Gasteiger partial charge < -0.3 is 10.2 Å². The molecule has 0 spiro atoms. The highest BCUT2D eigenvalue weighted by Gasteiger charge is 2.26. The molecule has 3 nitrogen and oxygen atoms in total. The van der Waals surface area contributed by atoms with Crippen LogP contribution in [0.4, 0.5) is 0 Å². The highest BCUT2D eigenvalue weighted by molar-refractivity contribution is 5.77. The largest absolute Gasteiger partial charge is 0.343 e. The number of hydrogen-bond acceptors (Lipinski definition) is 2. The monoisotopic (exact) mass is 302 g/mol. The Morgan fingerprint density at radius 1 is 1.23 bits per heavy atom. The number of carbonyl (C=O) groups is 1. The summed E-state index contributed by atoms with van der Waals surface area (Å²) < 4.78 is 0. The zero-order valence-corrected chi connectivity index (χ0v) is 14.2. The molecule has 22 heavy (non-hydrogen) atoms. The minimum atomic E-state index is 0.323. The molecule has 1 aromatic carbocycles. The van der Waals surface area contributed by atoms with Crippen molar-refractivity contribution in [3.63, 3.8) is 0 Å². The van der Waals surface area contributed by atoms with Gasteiger partial charge in [-0.15, -0.1) is 0 Å². The molecule has 1 fully saturated rings. The van der Waals surface area contributed by atoms with E-state index >= 15 is 0 Å². The predicted molar refractivity (Wildman–Crippen MR) is 91.9 cm³/mol.